The first-order valence-electron chi connectivity index (χ1n) is 19.6. The number of hydrogen-bond donors (Lipinski definition) is 4. The highest BCUT2D eigenvalue weighted by Crippen LogP contribution is 2.33. The number of amides is 3. The van der Waals surface area contributed by atoms with Crippen LogP contribution in [-0.4, -0.2) is 92.4 Å². The van der Waals surface area contributed by atoms with Gasteiger partial charge in [0.15, 0.2) is 0 Å². The highest BCUT2D eigenvalue weighted by Gasteiger charge is 2.26. The monoisotopic (exact) mass is 781 g/mol. The van der Waals surface area contributed by atoms with Gasteiger partial charge in [-0.05, 0) is 62.4 Å². The van der Waals surface area contributed by atoms with Gasteiger partial charge in [0.2, 0.25) is 0 Å². The van der Waals surface area contributed by atoms with Crippen LogP contribution in [0.25, 0.3) is 16.5 Å². The van der Waals surface area contributed by atoms with Gasteiger partial charge in [-0.1, -0.05) is 62.7 Å². The van der Waals surface area contributed by atoms with E-state index in [1.165, 1.54) is 12.4 Å². The minimum atomic E-state index is -0.378. The highest BCUT2D eigenvalue weighted by molar-refractivity contribution is 6.07. The van der Waals surface area contributed by atoms with E-state index in [2.05, 4.69) is 73.8 Å². The minimum Gasteiger partial charge on any atom is -0.488 e. The molecular formula is C44H51N11O3. The number of benzene rings is 3. The van der Waals surface area contributed by atoms with Gasteiger partial charge in [0.1, 0.15) is 29.7 Å². The fourth-order valence-electron chi connectivity index (χ4n) is 6.82. The molecule has 1 unspecified atom stereocenters. The number of fused-ring (bicyclic) bond motifs is 1. The zero-order valence-corrected chi connectivity index (χ0v) is 33.7. The van der Waals surface area contributed by atoms with Crippen molar-refractivity contribution in [3.8, 4) is 11.4 Å². The van der Waals surface area contributed by atoms with Crippen LogP contribution in [0.4, 0.5) is 22.1 Å². The lowest BCUT2D eigenvalue weighted by Gasteiger charge is -2.40. The van der Waals surface area contributed by atoms with Gasteiger partial charge in [-0.25, -0.2) is 19.4 Å². The first-order chi connectivity index (χ1) is 28.0. The third-order valence-corrected chi connectivity index (χ3v) is 10.1. The van der Waals surface area contributed by atoms with Gasteiger partial charge in [0.05, 0.1) is 29.4 Å². The number of rotatable bonds is 13. The lowest BCUT2D eigenvalue weighted by Crippen LogP contribution is -2.55. The normalized spacial score (nSPS) is 14.9. The van der Waals surface area contributed by atoms with E-state index < -0.39 is 0 Å². The summed E-state index contributed by atoms with van der Waals surface area (Å²) in [5, 5.41) is 19.2. The molecule has 1 fully saturated rings. The van der Waals surface area contributed by atoms with E-state index in [-0.39, 0.29) is 23.5 Å². The number of carbonyl (C=O) groups excluding carboxylic acids is 2. The van der Waals surface area contributed by atoms with Crippen LogP contribution >= 0.6 is 0 Å². The molecule has 58 heavy (non-hydrogen) atoms. The highest BCUT2D eigenvalue weighted by atomic mass is 16.5. The predicted octanol–water partition coefficient (Wildman–Crippen LogP) is 6.84. The molecule has 3 amide bonds. The Morgan fingerprint density at radius 2 is 1.71 bits per heavy atom. The number of aryl methyl sites for hydroxylation is 1. The molecule has 0 aliphatic carbocycles. The Morgan fingerprint density at radius 3 is 2.48 bits per heavy atom. The second kappa shape index (κ2) is 17.8. The Labute approximate surface area is 339 Å². The number of hydrogen-bond acceptors (Lipinski definition) is 10. The smallest absolute Gasteiger partial charge is 0.324 e. The largest absolute Gasteiger partial charge is 0.488 e. The predicted molar refractivity (Wildman–Crippen MR) is 228 cm³/mol. The summed E-state index contributed by atoms with van der Waals surface area (Å²) in [7, 11) is 2.12. The van der Waals surface area contributed by atoms with E-state index >= 15 is 0 Å². The summed E-state index contributed by atoms with van der Waals surface area (Å²) in [5.74, 6) is 1.81. The minimum absolute atomic E-state index is 0.0444. The maximum absolute atomic E-state index is 13.5. The number of carbonyl (C=O) groups is 2. The van der Waals surface area contributed by atoms with Crippen molar-refractivity contribution in [3.63, 3.8) is 0 Å². The molecule has 4 N–H and O–H groups in total. The molecule has 14 nitrogen and oxygen atoms in total. The Balaban J connectivity index is 0.982. The van der Waals surface area contributed by atoms with Crippen LogP contribution in [-0.2, 0) is 12.0 Å². The molecule has 1 atom stereocenters. The molecule has 4 heterocycles. The summed E-state index contributed by atoms with van der Waals surface area (Å²) in [6.45, 7) is 12.7. The zero-order valence-electron chi connectivity index (χ0n) is 33.7. The molecule has 0 saturated carbocycles. The first-order valence-corrected chi connectivity index (χ1v) is 19.6. The van der Waals surface area contributed by atoms with Crippen molar-refractivity contribution in [3.05, 3.63) is 126 Å². The van der Waals surface area contributed by atoms with E-state index in [1.54, 1.807) is 17.1 Å². The Morgan fingerprint density at radius 1 is 0.897 bits per heavy atom. The number of aromatic nitrogens is 5. The number of urea groups is 1. The van der Waals surface area contributed by atoms with Crippen molar-refractivity contribution in [2.24, 2.45) is 0 Å². The maximum Gasteiger partial charge on any atom is 0.324 e. The van der Waals surface area contributed by atoms with Gasteiger partial charge in [-0.15, -0.1) is 0 Å². The lowest BCUT2D eigenvalue weighted by atomic mass is 9.92. The molecule has 7 rings (SSSR count). The van der Waals surface area contributed by atoms with Crippen LogP contribution in [0.3, 0.4) is 0 Å². The van der Waals surface area contributed by atoms with Crippen molar-refractivity contribution >= 4 is 40.0 Å². The second-order valence-corrected chi connectivity index (χ2v) is 15.6. The molecule has 1 saturated heterocycles. The van der Waals surface area contributed by atoms with Gasteiger partial charge < -0.3 is 25.6 Å². The summed E-state index contributed by atoms with van der Waals surface area (Å²) in [4.78, 5) is 43.3. The van der Waals surface area contributed by atoms with Crippen LogP contribution < -0.4 is 26.0 Å². The third-order valence-electron chi connectivity index (χ3n) is 10.1. The van der Waals surface area contributed by atoms with E-state index in [4.69, 9.17) is 9.84 Å². The van der Waals surface area contributed by atoms with E-state index in [1.807, 2.05) is 85.8 Å². The fraction of sp³-hybridized carbons (Fsp3) is 0.318. The van der Waals surface area contributed by atoms with Gasteiger partial charge >= 0.3 is 6.03 Å². The molecule has 0 radical (unpaired) electrons. The SMILES string of the molecule is Cc1ccc(-n2nc(C(C)(C)C)cc2NC(=O)Nc2ccc(OCc3ccnc(NC4CN(C)CCN4CCCNC(=O)c4cnccn4)c3)c3ccccc23)cc1. The summed E-state index contributed by atoms with van der Waals surface area (Å²) in [5.41, 5.74) is 4.59. The number of ether oxygens (including phenoxy) is 1. The summed E-state index contributed by atoms with van der Waals surface area (Å²) in [6.07, 6.45) is 7.15. The van der Waals surface area contributed by atoms with Crippen LogP contribution in [0.5, 0.6) is 5.75 Å². The average Bonchev–Trinajstić information content (AvgIpc) is 3.65. The third kappa shape index (κ3) is 9.94. The molecule has 3 aromatic heterocycles. The molecule has 300 valence electrons. The topological polar surface area (TPSA) is 154 Å². The first kappa shape index (κ1) is 39.8. The van der Waals surface area contributed by atoms with Gasteiger partial charge in [0, 0.05) is 73.6 Å². The molecule has 1 aliphatic heterocycles. The van der Waals surface area contributed by atoms with E-state index in [9.17, 15) is 9.59 Å². The average molecular weight is 782 g/mol. The molecule has 6 aromatic rings. The van der Waals surface area contributed by atoms with Crippen LogP contribution in [0.2, 0.25) is 0 Å². The van der Waals surface area contributed by atoms with Gasteiger partial charge in [-0.2, -0.15) is 5.10 Å². The molecule has 0 spiro atoms. The summed E-state index contributed by atoms with van der Waals surface area (Å²) < 4.78 is 8.18. The molecular weight excluding hydrogens is 731 g/mol. The standard InChI is InChI=1S/C44H51N11O3/c1-30-11-13-32(14-12-30)55-40(26-38(52-55)44(2,3)4)51-43(57)49-35-15-16-37(34-10-7-6-9-33(34)35)58-29-31-17-19-47-39(25-31)50-41-28-53(5)23-24-54(41)22-8-18-48-42(56)36-27-45-20-21-46-36/h6-7,9-17,19-21,25-27,41H,8,18,22-24,28-29H2,1-5H3,(H,47,50)(H,48,56)(H2,49,51,57). The van der Waals surface area contributed by atoms with Crippen molar-refractivity contribution in [1.82, 2.24) is 39.8 Å². The number of nitrogens with zero attached hydrogens (tertiary/aromatic N) is 7. The number of piperazine rings is 1. The van der Waals surface area contributed by atoms with Crippen LogP contribution in [0.15, 0.2) is 104 Å². The number of likely N-dealkylation sites (N-methyl/N-ethyl adjacent to an activating group) is 1. The fourth-order valence-corrected chi connectivity index (χ4v) is 6.82. The number of anilines is 3. The molecule has 1 aliphatic rings. The summed E-state index contributed by atoms with van der Waals surface area (Å²) >= 11 is 0. The Kier molecular flexibility index (Phi) is 12.2. The number of pyridine rings is 1. The van der Waals surface area contributed by atoms with E-state index in [0.717, 1.165) is 71.7 Å². The quantitative estimate of drug-likeness (QED) is 0.0916. The van der Waals surface area contributed by atoms with Crippen LogP contribution in [0.1, 0.15) is 54.5 Å². The summed E-state index contributed by atoms with van der Waals surface area (Å²) in [6, 6.07) is 25.2. The van der Waals surface area contributed by atoms with Crippen molar-refractivity contribution in [1.29, 1.82) is 0 Å². The molecule has 14 heteroatoms. The number of nitrogens with one attached hydrogen (secondary N) is 4. The van der Waals surface area contributed by atoms with Crippen molar-refractivity contribution in [2.75, 3.05) is 55.7 Å². The molecule has 3 aromatic carbocycles. The van der Waals surface area contributed by atoms with Gasteiger partial charge in [-0.3, -0.25) is 20.0 Å². The van der Waals surface area contributed by atoms with Crippen molar-refractivity contribution in [2.45, 2.75) is 52.3 Å². The Hall–Kier alpha value is -6.38. The van der Waals surface area contributed by atoms with Gasteiger partial charge in [0.25, 0.3) is 5.91 Å². The molecule has 0 bridgehead atoms. The maximum atomic E-state index is 13.5. The Bertz CT molecular complexity index is 2340. The second-order valence-electron chi connectivity index (χ2n) is 15.6. The van der Waals surface area contributed by atoms with Crippen LogP contribution in [0, 0.1) is 6.92 Å². The zero-order chi connectivity index (χ0) is 40.6. The van der Waals surface area contributed by atoms with E-state index in [0.29, 0.717) is 36.1 Å². The lowest BCUT2D eigenvalue weighted by molar-refractivity contribution is 0.0927. The van der Waals surface area contributed by atoms with Crippen molar-refractivity contribution < 1.29 is 14.3 Å².